The molecule has 8 heteroatoms. The van der Waals surface area contributed by atoms with Gasteiger partial charge in [-0.2, -0.15) is 0 Å². The zero-order valence-electron chi connectivity index (χ0n) is 18.6. The number of fused-ring (bicyclic) bond motifs is 5. The number of aliphatic hydroxyl groups is 1. The third-order valence-corrected chi connectivity index (χ3v) is 9.03. The Morgan fingerprint density at radius 3 is 2.66 bits per heavy atom. The molecule has 0 aliphatic heterocycles. The lowest BCUT2D eigenvalue weighted by Gasteiger charge is -2.59. The topological polar surface area (TPSA) is 89.9 Å². The lowest BCUT2D eigenvalue weighted by molar-refractivity contribution is -0.212. The zero-order chi connectivity index (χ0) is 23.5. The maximum absolute atomic E-state index is 13.3. The van der Waals surface area contributed by atoms with E-state index < -0.39 is 39.3 Å². The molecule has 0 heterocycles. The zero-order valence-corrected chi connectivity index (χ0v) is 20.1. The molecule has 4 aliphatic carbocycles. The summed E-state index contributed by atoms with van der Waals surface area (Å²) in [7, 11) is 0. The minimum Gasteiger partial charge on any atom is -0.463 e. The Balaban J connectivity index is 1.75. The first kappa shape index (κ1) is 23.8. The van der Waals surface area contributed by atoms with E-state index in [-0.39, 0.29) is 36.6 Å². The molecule has 0 aromatic rings. The number of hydrogen-bond donors (Lipinski definition) is 1. The highest BCUT2D eigenvalue weighted by Gasteiger charge is 2.71. The van der Waals surface area contributed by atoms with Crippen molar-refractivity contribution >= 4 is 40.9 Å². The summed E-state index contributed by atoms with van der Waals surface area (Å²) in [4.78, 5) is 36.3. The normalized spacial score (nSPS) is 42.6. The fourth-order valence-electron chi connectivity index (χ4n) is 7.32. The number of ketones is 1. The molecule has 1 N–H and O–H groups in total. The van der Waals surface area contributed by atoms with Gasteiger partial charge in [-0.3, -0.25) is 4.79 Å². The summed E-state index contributed by atoms with van der Waals surface area (Å²) in [6.07, 6.45) is 7.25. The predicted octanol–water partition coefficient (Wildman–Crippen LogP) is 3.91. The van der Waals surface area contributed by atoms with Gasteiger partial charge in [0, 0.05) is 16.7 Å². The van der Waals surface area contributed by atoms with Gasteiger partial charge in [-0.25, -0.2) is 9.59 Å². The van der Waals surface area contributed by atoms with Crippen LogP contribution in [0.4, 0.5) is 0 Å². The van der Waals surface area contributed by atoms with Crippen LogP contribution in [0.5, 0.6) is 0 Å². The van der Waals surface area contributed by atoms with Crippen LogP contribution in [0.25, 0.3) is 0 Å². The molecule has 0 saturated heterocycles. The van der Waals surface area contributed by atoms with Crippen LogP contribution in [0.1, 0.15) is 52.9 Å². The summed E-state index contributed by atoms with van der Waals surface area (Å²) in [6.45, 7) is 5.85. The first-order chi connectivity index (χ1) is 15.0. The Morgan fingerprint density at radius 1 is 1.28 bits per heavy atom. The molecule has 3 fully saturated rings. The number of hydrogen-bond acceptors (Lipinski definition) is 6. The molecule has 32 heavy (non-hydrogen) atoms. The molecule has 3 saturated carbocycles. The number of rotatable bonds is 4. The maximum Gasteiger partial charge on any atom is 0.351 e. The number of esters is 2. The average molecular weight is 485 g/mol. The van der Waals surface area contributed by atoms with Crippen molar-refractivity contribution in [3.63, 3.8) is 0 Å². The van der Waals surface area contributed by atoms with Crippen molar-refractivity contribution in [1.29, 1.82) is 0 Å². The van der Waals surface area contributed by atoms with Gasteiger partial charge in [0.05, 0.1) is 12.7 Å². The third-order valence-electron chi connectivity index (χ3n) is 8.67. The van der Waals surface area contributed by atoms with Crippen molar-refractivity contribution in [3.8, 4) is 0 Å². The second-order valence-electron chi connectivity index (χ2n) is 10.0. The minimum atomic E-state index is -1.55. The highest BCUT2D eigenvalue weighted by Crippen LogP contribution is 2.68. The van der Waals surface area contributed by atoms with Crippen molar-refractivity contribution in [2.75, 3.05) is 6.61 Å². The summed E-state index contributed by atoms with van der Waals surface area (Å²) in [5, 5.41) is 11.5. The SMILES string of the molecule is CCOC(=O)[C@@]1(OC(=O)C(Cl)Cl)CC[C@H]2[C@@H]3CCC4=CC(=O)C=CC4(C)[C@H]3[C@@H](O)CC21C. The number of aliphatic hydroxyl groups excluding tert-OH is 1. The Bertz CT molecular complexity index is 897. The molecule has 0 radical (unpaired) electrons. The number of halogens is 2. The first-order valence-electron chi connectivity index (χ1n) is 11.3. The maximum atomic E-state index is 13.3. The second-order valence-corrected chi connectivity index (χ2v) is 11.1. The van der Waals surface area contributed by atoms with Gasteiger partial charge in [0.2, 0.25) is 10.4 Å². The highest BCUT2D eigenvalue weighted by molar-refractivity contribution is 6.53. The van der Waals surface area contributed by atoms with Crippen LogP contribution in [-0.4, -0.2) is 46.0 Å². The van der Waals surface area contributed by atoms with Crippen LogP contribution in [0.3, 0.4) is 0 Å². The molecular formula is C24H30Cl2O6. The number of allylic oxidation sites excluding steroid dienone is 4. The summed E-state index contributed by atoms with van der Waals surface area (Å²) in [5.74, 6) is -1.47. The van der Waals surface area contributed by atoms with E-state index in [1.165, 1.54) is 0 Å². The van der Waals surface area contributed by atoms with Crippen molar-refractivity contribution in [1.82, 2.24) is 0 Å². The average Bonchev–Trinajstić information content (AvgIpc) is 3.01. The van der Waals surface area contributed by atoms with Crippen LogP contribution < -0.4 is 0 Å². The van der Waals surface area contributed by atoms with Gasteiger partial charge in [-0.1, -0.05) is 48.7 Å². The molecule has 2 unspecified atom stereocenters. The molecule has 176 valence electrons. The van der Waals surface area contributed by atoms with E-state index in [4.69, 9.17) is 32.7 Å². The standard InChI is InChI=1S/C24H30Cl2O6/c1-4-31-21(30)24(32-20(29)19(25)26)10-8-16-15-6-5-13-11-14(27)7-9-22(13,2)18(15)17(28)12-23(16,24)3/h7,9,11,15-19,28H,4-6,8,10,12H2,1-3H3/t15-,16-,17-,18+,22?,23?,24-/m0/s1. The van der Waals surface area contributed by atoms with Crippen molar-refractivity contribution in [2.24, 2.45) is 28.6 Å². The molecule has 4 aliphatic rings. The Morgan fingerprint density at radius 2 is 2.00 bits per heavy atom. The summed E-state index contributed by atoms with van der Waals surface area (Å²) in [5.41, 5.74) is -1.74. The van der Waals surface area contributed by atoms with Gasteiger partial charge in [0.1, 0.15) is 0 Å². The third kappa shape index (κ3) is 3.28. The molecule has 7 atom stereocenters. The molecule has 0 amide bonds. The van der Waals surface area contributed by atoms with E-state index in [0.29, 0.717) is 12.8 Å². The molecule has 0 bridgehead atoms. The minimum absolute atomic E-state index is 0.0168. The smallest absolute Gasteiger partial charge is 0.351 e. The first-order valence-corrected chi connectivity index (χ1v) is 12.2. The quantitative estimate of drug-likeness (QED) is 0.480. The van der Waals surface area contributed by atoms with Gasteiger partial charge in [0.15, 0.2) is 5.78 Å². The molecule has 0 spiro atoms. The van der Waals surface area contributed by atoms with E-state index >= 15 is 0 Å². The van der Waals surface area contributed by atoms with E-state index in [2.05, 4.69) is 6.92 Å². The van der Waals surface area contributed by atoms with Crippen LogP contribution in [0, 0.1) is 28.6 Å². The highest BCUT2D eigenvalue weighted by atomic mass is 35.5. The van der Waals surface area contributed by atoms with Gasteiger partial charge in [-0.15, -0.1) is 0 Å². The lowest BCUT2D eigenvalue weighted by atomic mass is 9.46. The van der Waals surface area contributed by atoms with Gasteiger partial charge in [0.25, 0.3) is 0 Å². The largest absolute Gasteiger partial charge is 0.463 e. The second kappa shape index (κ2) is 8.14. The number of alkyl halides is 2. The van der Waals surface area contributed by atoms with Crippen molar-refractivity contribution < 1.29 is 29.0 Å². The lowest BCUT2D eigenvalue weighted by Crippen LogP contribution is -2.63. The fraction of sp³-hybridized carbons (Fsp3) is 0.708. The number of ether oxygens (including phenoxy) is 2. The van der Waals surface area contributed by atoms with Crippen LogP contribution >= 0.6 is 23.2 Å². The fourth-order valence-corrected chi connectivity index (χ4v) is 7.41. The monoisotopic (exact) mass is 484 g/mol. The van der Waals surface area contributed by atoms with Crippen LogP contribution in [0.2, 0.25) is 0 Å². The van der Waals surface area contributed by atoms with E-state index in [0.717, 1.165) is 18.4 Å². The van der Waals surface area contributed by atoms with E-state index in [1.807, 2.05) is 13.0 Å². The Kier molecular flexibility index (Phi) is 6.05. The van der Waals surface area contributed by atoms with Crippen molar-refractivity contribution in [3.05, 3.63) is 23.8 Å². The Labute approximate surface area is 198 Å². The molecular weight excluding hydrogens is 455 g/mol. The van der Waals surface area contributed by atoms with E-state index in [9.17, 15) is 19.5 Å². The summed E-state index contributed by atoms with van der Waals surface area (Å²) >= 11 is 11.5. The van der Waals surface area contributed by atoms with Gasteiger partial charge >= 0.3 is 11.9 Å². The van der Waals surface area contributed by atoms with Crippen LogP contribution in [0.15, 0.2) is 23.8 Å². The van der Waals surface area contributed by atoms with Gasteiger partial charge < -0.3 is 14.6 Å². The molecule has 0 aromatic heterocycles. The molecule has 0 aromatic carbocycles. The summed E-state index contributed by atoms with van der Waals surface area (Å²) < 4.78 is 11.1. The van der Waals surface area contributed by atoms with Gasteiger partial charge in [-0.05, 0) is 63.0 Å². The van der Waals surface area contributed by atoms with Crippen LogP contribution in [-0.2, 0) is 23.9 Å². The Hall–Kier alpha value is -1.37. The van der Waals surface area contributed by atoms with Crippen molar-refractivity contribution in [2.45, 2.75) is 69.4 Å². The molecule has 6 nitrogen and oxygen atoms in total. The number of carbonyl (C=O) groups is 3. The molecule has 4 rings (SSSR count). The van der Waals surface area contributed by atoms with E-state index in [1.54, 1.807) is 19.1 Å². The number of carbonyl (C=O) groups excluding carboxylic acids is 3. The summed E-state index contributed by atoms with van der Waals surface area (Å²) in [6, 6.07) is 0. The predicted molar refractivity (Wildman–Crippen MR) is 119 cm³/mol.